The van der Waals surface area contributed by atoms with Crippen molar-refractivity contribution in [1.29, 1.82) is 5.26 Å². The summed E-state index contributed by atoms with van der Waals surface area (Å²) in [5, 5.41) is 19.6. The van der Waals surface area contributed by atoms with E-state index in [0.29, 0.717) is 25.7 Å². The third-order valence-electron chi connectivity index (χ3n) is 6.05. The molecular formula is C18H21NO3S. The molecule has 4 nitrogen and oxygen atoms in total. The van der Waals surface area contributed by atoms with E-state index in [0.717, 1.165) is 30.4 Å². The molecule has 23 heavy (non-hydrogen) atoms. The van der Waals surface area contributed by atoms with Crippen molar-refractivity contribution in [3.8, 4) is 6.07 Å². The van der Waals surface area contributed by atoms with Gasteiger partial charge in [-0.3, -0.25) is 0 Å². The van der Waals surface area contributed by atoms with Gasteiger partial charge in [0.2, 0.25) is 0 Å². The molecule has 122 valence electrons. The molecule has 1 saturated carbocycles. The third kappa shape index (κ3) is 2.23. The van der Waals surface area contributed by atoms with Crippen LogP contribution in [0.5, 0.6) is 0 Å². The van der Waals surface area contributed by atoms with Gasteiger partial charge in [-0.25, -0.2) is 8.42 Å². The number of nitrogens with zero attached hydrogens (tertiary/aromatic N) is 1. The molecule has 1 aromatic rings. The van der Waals surface area contributed by atoms with Gasteiger partial charge in [-0.2, -0.15) is 5.26 Å². The summed E-state index contributed by atoms with van der Waals surface area (Å²) in [7, 11) is -3.07. The van der Waals surface area contributed by atoms with Crippen LogP contribution >= 0.6 is 0 Å². The van der Waals surface area contributed by atoms with Gasteiger partial charge in [-0.05, 0) is 49.7 Å². The molecular weight excluding hydrogens is 310 g/mol. The molecule has 2 bridgehead atoms. The van der Waals surface area contributed by atoms with Gasteiger partial charge in [0.15, 0.2) is 9.84 Å². The lowest BCUT2D eigenvalue weighted by atomic mass is 9.80. The van der Waals surface area contributed by atoms with Crippen LogP contribution in [0.25, 0.3) is 0 Å². The maximum absolute atomic E-state index is 12.4. The summed E-state index contributed by atoms with van der Waals surface area (Å²) in [4.78, 5) is 0. The van der Waals surface area contributed by atoms with Crippen molar-refractivity contribution >= 4 is 9.84 Å². The van der Waals surface area contributed by atoms with Crippen LogP contribution in [-0.2, 0) is 20.9 Å². The van der Waals surface area contributed by atoms with E-state index in [1.54, 1.807) is 0 Å². The Hall–Kier alpha value is -1.38. The fraction of sp³-hybridized carbons (Fsp3) is 0.611. The maximum Gasteiger partial charge on any atom is 0.156 e. The van der Waals surface area contributed by atoms with Gasteiger partial charge in [0, 0.05) is 0 Å². The average Bonchev–Trinajstić information content (AvgIpc) is 3.30. The summed E-state index contributed by atoms with van der Waals surface area (Å²) < 4.78 is 24.8. The highest BCUT2D eigenvalue weighted by Gasteiger charge is 2.51. The molecule has 1 aliphatic carbocycles. The molecule has 3 fully saturated rings. The average molecular weight is 331 g/mol. The fourth-order valence-corrected chi connectivity index (χ4v) is 6.92. The molecule has 0 aromatic heterocycles. The molecule has 0 amide bonds. The Labute approximate surface area is 137 Å². The first-order valence-corrected chi connectivity index (χ1v) is 9.98. The van der Waals surface area contributed by atoms with Crippen LogP contribution in [0.2, 0.25) is 0 Å². The highest BCUT2D eigenvalue weighted by Crippen LogP contribution is 2.49. The molecule has 0 radical (unpaired) electrons. The lowest BCUT2D eigenvalue weighted by molar-refractivity contribution is 0.00499. The summed E-state index contributed by atoms with van der Waals surface area (Å²) in [5.74, 6) is 0. The second-order valence-corrected chi connectivity index (χ2v) is 9.99. The first-order valence-electron chi connectivity index (χ1n) is 8.37. The Morgan fingerprint density at radius 2 is 1.57 bits per heavy atom. The normalized spacial score (nSPS) is 36.9. The van der Waals surface area contributed by atoms with Gasteiger partial charge in [-0.1, -0.05) is 30.7 Å². The van der Waals surface area contributed by atoms with Gasteiger partial charge in [0.05, 0.1) is 27.6 Å². The first-order chi connectivity index (χ1) is 10.9. The summed E-state index contributed by atoms with van der Waals surface area (Å²) in [6, 6.07) is 10.0. The van der Waals surface area contributed by atoms with Crippen LogP contribution in [0.1, 0.15) is 56.1 Å². The topological polar surface area (TPSA) is 78.2 Å². The van der Waals surface area contributed by atoms with Gasteiger partial charge in [0.25, 0.3) is 0 Å². The molecule has 2 unspecified atom stereocenters. The van der Waals surface area contributed by atoms with Gasteiger partial charge >= 0.3 is 0 Å². The van der Waals surface area contributed by atoms with Gasteiger partial charge in [0.1, 0.15) is 0 Å². The van der Waals surface area contributed by atoms with Crippen molar-refractivity contribution in [1.82, 2.24) is 0 Å². The SMILES string of the molecule is N#CC1(c2ccc(C3(O)CC4CCCC(C3)S4(=O)=O)cc2)CC1. The summed E-state index contributed by atoms with van der Waals surface area (Å²) in [5.41, 5.74) is 0.425. The number of aliphatic hydroxyl groups is 1. The zero-order valence-corrected chi connectivity index (χ0v) is 13.8. The minimum absolute atomic E-state index is 0.300. The minimum atomic E-state index is -3.07. The third-order valence-corrected chi connectivity index (χ3v) is 8.71. The Morgan fingerprint density at radius 3 is 2.04 bits per heavy atom. The predicted molar refractivity (Wildman–Crippen MR) is 86.4 cm³/mol. The number of benzene rings is 1. The fourth-order valence-electron chi connectivity index (χ4n) is 4.37. The summed E-state index contributed by atoms with van der Waals surface area (Å²) in [6.45, 7) is 0. The zero-order valence-electron chi connectivity index (χ0n) is 13.0. The second-order valence-electron chi connectivity index (χ2n) is 7.48. The van der Waals surface area contributed by atoms with Gasteiger partial charge < -0.3 is 5.11 Å². The predicted octanol–water partition coefficient (Wildman–Crippen LogP) is 2.56. The van der Waals surface area contributed by atoms with Crippen LogP contribution in [0.3, 0.4) is 0 Å². The first kappa shape index (κ1) is 15.2. The lowest BCUT2D eigenvalue weighted by Crippen LogP contribution is -2.50. The molecule has 2 heterocycles. The van der Waals surface area contributed by atoms with E-state index >= 15 is 0 Å². The van der Waals surface area contributed by atoms with Crippen molar-refractivity contribution in [2.75, 3.05) is 0 Å². The number of rotatable bonds is 2. The summed E-state index contributed by atoms with van der Waals surface area (Å²) in [6.07, 6.45) is 4.66. The zero-order chi connectivity index (χ0) is 16.3. The number of fused-ring (bicyclic) bond motifs is 2. The van der Waals surface area contributed by atoms with Crippen LogP contribution < -0.4 is 0 Å². The van der Waals surface area contributed by atoms with E-state index in [2.05, 4.69) is 6.07 Å². The largest absolute Gasteiger partial charge is 0.385 e. The molecule has 2 atom stereocenters. The maximum atomic E-state index is 12.4. The van der Waals surface area contributed by atoms with E-state index in [1.165, 1.54) is 0 Å². The molecule has 4 rings (SSSR count). The Bertz CT molecular complexity index is 751. The van der Waals surface area contributed by atoms with Gasteiger partial charge in [-0.15, -0.1) is 0 Å². The molecule has 5 heteroatoms. The molecule has 1 aromatic carbocycles. The highest BCUT2D eigenvalue weighted by molar-refractivity contribution is 7.92. The Morgan fingerprint density at radius 1 is 1.04 bits per heavy atom. The number of sulfone groups is 1. The minimum Gasteiger partial charge on any atom is -0.385 e. The highest BCUT2D eigenvalue weighted by atomic mass is 32.2. The molecule has 2 saturated heterocycles. The van der Waals surface area contributed by atoms with Crippen molar-refractivity contribution in [2.45, 2.75) is 66.5 Å². The number of hydrogen-bond acceptors (Lipinski definition) is 4. The molecule has 2 aliphatic heterocycles. The van der Waals surface area contributed by atoms with Crippen LogP contribution in [0.15, 0.2) is 24.3 Å². The Balaban J connectivity index is 1.64. The van der Waals surface area contributed by atoms with Crippen molar-refractivity contribution in [2.24, 2.45) is 0 Å². The molecule has 1 N–H and O–H groups in total. The van der Waals surface area contributed by atoms with E-state index < -0.39 is 25.9 Å². The van der Waals surface area contributed by atoms with Crippen LogP contribution in [0.4, 0.5) is 0 Å². The summed E-state index contributed by atoms with van der Waals surface area (Å²) >= 11 is 0. The van der Waals surface area contributed by atoms with E-state index in [1.807, 2.05) is 24.3 Å². The van der Waals surface area contributed by atoms with E-state index in [4.69, 9.17) is 0 Å². The standard InChI is InChI=1S/C18H21NO3S/c19-12-17(8-9-17)13-4-6-14(7-5-13)18(20)10-15-2-1-3-16(11-18)23(15,21)22/h4-7,15-16,20H,1-3,8-11H2. The Kier molecular flexibility index (Phi) is 3.17. The smallest absolute Gasteiger partial charge is 0.156 e. The number of nitriles is 1. The van der Waals surface area contributed by atoms with Crippen molar-refractivity contribution in [3.63, 3.8) is 0 Å². The van der Waals surface area contributed by atoms with E-state index in [-0.39, 0.29) is 5.41 Å². The van der Waals surface area contributed by atoms with Crippen molar-refractivity contribution < 1.29 is 13.5 Å². The molecule has 3 aliphatic rings. The quantitative estimate of drug-likeness (QED) is 0.903. The monoisotopic (exact) mass is 331 g/mol. The number of hydrogen-bond donors (Lipinski definition) is 1. The van der Waals surface area contributed by atoms with E-state index in [9.17, 15) is 18.8 Å². The second kappa shape index (κ2) is 4.81. The molecule has 0 spiro atoms. The lowest BCUT2D eigenvalue weighted by Gasteiger charge is -2.44. The van der Waals surface area contributed by atoms with Crippen LogP contribution in [-0.4, -0.2) is 24.0 Å². The van der Waals surface area contributed by atoms with Crippen LogP contribution in [0, 0.1) is 11.3 Å². The van der Waals surface area contributed by atoms with Crippen molar-refractivity contribution in [3.05, 3.63) is 35.4 Å².